The first kappa shape index (κ1) is 66.3. The Hall–Kier alpha value is -3.51. The number of hydrogen-bond donors (Lipinski definition) is 0. The first-order chi connectivity index (χ1) is 25.7. The second kappa shape index (κ2) is 37.7. The van der Waals surface area contributed by atoms with Gasteiger partial charge in [-0.1, -0.05) is 51.3 Å². The van der Waals surface area contributed by atoms with Crippen molar-refractivity contribution < 1.29 is 88.8 Å². The molecule has 0 saturated carbocycles. The fourth-order valence-corrected chi connectivity index (χ4v) is 3.81. The number of alkyl halides is 4. The minimum atomic E-state index is -0.256. The van der Waals surface area contributed by atoms with Crippen molar-refractivity contribution in [1.82, 2.24) is 19.6 Å². The van der Waals surface area contributed by atoms with E-state index in [4.69, 9.17) is 46.4 Å². The summed E-state index contributed by atoms with van der Waals surface area (Å²) in [6, 6.07) is 6.29. The number of nitrogens with zero attached hydrogens (tertiary/aromatic N) is 4. The van der Waals surface area contributed by atoms with Gasteiger partial charge in [-0.2, -0.15) is 10.2 Å². The van der Waals surface area contributed by atoms with Crippen LogP contribution in [-0.4, -0.2) is 53.4 Å². The van der Waals surface area contributed by atoms with Gasteiger partial charge in [-0.05, 0) is 91.8 Å². The molecule has 2 radical (unpaired) electrons. The first-order valence-corrected chi connectivity index (χ1v) is 18.1. The van der Waals surface area contributed by atoms with Gasteiger partial charge in [-0.25, -0.2) is 9.36 Å². The fraction of sp³-hybridized carbons (Fsp3) is 0.368. The van der Waals surface area contributed by atoms with Crippen LogP contribution in [0.1, 0.15) is 78.2 Å². The maximum atomic E-state index is 12.4. The number of allylic oxidation sites excluding steroid dienone is 8. The molecule has 3 aromatic rings. The third-order valence-electron chi connectivity index (χ3n) is 5.15. The molecule has 0 saturated heterocycles. The number of carbonyl (C=O) groups excluding carboxylic acids is 4. The van der Waals surface area contributed by atoms with Crippen LogP contribution in [0.5, 0.6) is 11.5 Å². The van der Waals surface area contributed by atoms with Crippen molar-refractivity contribution in [3.63, 3.8) is 0 Å². The van der Waals surface area contributed by atoms with E-state index in [2.05, 4.69) is 10.2 Å². The molecule has 1 aromatic carbocycles. The van der Waals surface area contributed by atoms with Gasteiger partial charge in [0.2, 0.25) is 0 Å². The molecular weight excluding hydrogens is 1020 g/mol. The van der Waals surface area contributed by atoms with Gasteiger partial charge in [0.1, 0.15) is 0 Å². The quantitative estimate of drug-likeness (QED) is 0.149. The van der Waals surface area contributed by atoms with Crippen LogP contribution in [0.25, 0.3) is 11.4 Å². The second-order valence-electron chi connectivity index (χ2n) is 11.1. The summed E-state index contributed by atoms with van der Waals surface area (Å²) in [6.07, 6.45) is 4.22. The Bertz CT molecular complexity index is 1620. The monoisotopic (exact) mass is 1060 g/mol. The van der Waals surface area contributed by atoms with E-state index in [1.807, 2.05) is 39.8 Å². The summed E-state index contributed by atoms with van der Waals surface area (Å²) in [4.78, 5) is 39.9. The topological polar surface area (TPSA) is 242 Å². The molecule has 0 fully saturated rings. The van der Waals surface area contributed by atoms with Gasteiger partial charge in [0, 0.05) is 11.4 Å². The molecule has 2 heterocycles. The van der Waals surface area contributed by atoms with Gasteiger partial charge >= 0.3 is 39.0 Å². The van der Waals surface area contributed by atoms with Gasteiger partial charge in [-0.15, -0.1) is 69.4 Å². The Kier molecular flexibility index (Phi) is 43.1. The largest absolute Gasteiger partial charge is 3.00 e. The van der Waals surface area contributed by atoms with E-state index in [9.17, 15) is 49.8 Å². The molecule has 2 aromatic heterocycles. The van der Waals surface area contributed by atoms with E-state index in [1.165, 1.54) is 76.9 Å². The van der Waals surface area contributed by atoms with Crippen molar-refractivity contribution in [2.75, 3.05) is 10.7 Å². The summed E-state index contributed by atoms with van der Waals surface area (Å²) in [5.74, 6) is -2.01. The molecule has 0 bridgehead atoms. The predicted octanol–water partition coefficient (Wildman–Crippen LogP) is 3.63. The summed E-state index contributed by atoms with van der Waals surface area (Å²) in [7, 11) is 0. The molecular formula is C38H48Cl4N4O10Ru2. The zero-order chi connectivity index (χ0) is 44.9. The molecule has 0 amide bonds. The van der Waals surface area contributed by atoms with Crippen molar-refractivity contribution in [2.24, 2.45) is 0 Å². The van der Waals surface area contributed by atoms with Crippen LogP contribution in [0, 0.1) is 27.7 Å². The number of hydrogen-bond acceptors (Lipinski definition) is 12. The smallest absolute Gasteiger partial charge is 0.876 e. The summed E-state index contributed by atoms with van der Waals surface area (Å²) >= 11 is 19.1. The maximum absolute atomic E-state index is 12.4. The third kappa shape index (κ3) is 36.8. The zero-order valence-electron chi connectivity index (χ0n) is 34.1. The van der Waals surface area contributed by atoms with Crippen LogP contribution in [0.2, 0.25) is 0 Å². The van der Waals surface area contributed by atoms with Crippen LogP contribution in [0.4, 0.5) is 0 Å². The summed E-state index contributed by atoms with van der Waals surface area (Å²) < 4.78 is 3.04. The van der Waals surface area contributed by atoms with E-state index in [0.29, 0.717) is 0 Å². The summed E-state index contributed by atoms with van der Waals surface area (Å²) in [5, 5.41) is 73.8. The maximum Gasteiger partial charge on any atom is 3.00 e. The molecule has 0 N–H and O–H groups in total. The zero-order valence-corrected chi connectivity index (χ0v) is 40.6. The number of aryl methyl sites for hydroxylation is 4. The second-order valence-corrected chi connectivity index (χ2v) is 12.7. The van der Waals surface area contributed by atoms with Crippen molar-refractivity contribution in [2.45, 2.75) is 83.1 Å². The van der Waals surface area contributed by atoms with Crippen molar-refractivity contribution in [3.05, 3.63) is 94.4 Å². The molecule has 58 heavy (non-hydrogen) atoms. The third-order valence-corrected chi connectivity index (χ3v) is 5.15. The molecule has 0 spiro atoms. The van der Waals surface area contributed by atoms with Crippen molar-refractivity contribution in [3.8, 4) is 22.9 Å². The Labute approximate surface area is 386 Å². The minimum Gasteiger partial charge on any atom is -0.876 e. The minimum absolute atomic E-state index is 0. The van der Waals surface area contributed by atoms with E-state index in [-0.39, 0.29) is 119 Å². The average molecular weight is 1060 g/mol. The normalized spacial score (nSPS) is 10.3. The number of aromatic nitrogens is 4. The number of ketones is 4. The Balaban J connectivity index is -0.000000157. The summed E-state index contributed by atoms with van der Waals surface area (Å²) in [6.45, 7) is 18.2. The van der Waals surface area contributed by atoms with Crippen LogP contribution >= 0.6 is 46.4 Å². The van der Waals surface area contributed by atoms with E-state index >= 15 is 0 Å². The van der Waals surface area contributed by atoms with Gasteiger partial charge in [0.25, 0.3) is 0 Å². The average Bonchev–Trinajstić information content (AvgIpc) is 3.51. The van der Waals surface area contributed by atoms with Crippen molar-refractivity contribution >= 4 is 69.5 Å². The molecule has 0 aliphatic carbocycles. The molecule has 20 heteroatoms. The van der Waals surface area contributed by atoms with Crippen LogP contribution < -0.4 is 30.6 Å². The molecule has 3 rings (SSSR count). The van der Waals surface area contributed by atoms with Gasteiger partial charge in [0.15, 0.2) is 23.1 Å². The van der Waals surface area contributed by atoms with E-state index in [0.717, 1.165) is 47.1 Å². The SMILES string of the molecule is CC(=O)/C=C(/C)[O-].CC(=O)/C=C(/C)[O-].CC(=O)/C=C(/C)[O-].CC(=O)/C=C(/C)[O-].Cc1cc(C)n(-c2c([O-])ccc([O-])c2-n2nc(C)cc2C)n1.ClCCl.ClCCl.[Ru+3].[Ru+3]. The predicted molar refractivity (Wildman–Crippen MR) is 209 cm³/mol. The first-order valence-electron chi connectivity index (χ1n) is 16.0. The number of benzene rings is 1. The Morgan fingerprint density at radius 1 is 0.517 bits per heavy atom. The van der Waals surface area contributed by atoms with Crippen LogP contribution in [0.3, 0.4) is 0 Å². The molecule has 0 aliphatic rings. The number of rotatable bonds is 6. The Morgan fingerprint density at radius 2 is 0.707 bits per heavy atom. The van der Waals surface area contributed by atoms with E-state index < -0.39 is 0 Å². The van der Waals surface area contributed by atoms with Crippen molar-refractivity contribution in [1.29, 1.82) is 0 Å². The van der Waals surface area contributed by atoms with E-state index in [1.54, 1.807) is 0 Å². The standard InChI is InChI=1S/C16H18N4O2.4C5H8O2.2CH2Cl2.2Ru/c1-9-7-11(3)19(17-9)15-13(21)5-6-14(22)16(15)20-12(4)8-10(2)18-20;4*1-4(6)3-5(2)7;2*2-1-3;;/h5-8,21-22H,1-4H3;4*3,6H,1-2H3;2*1H2;;/q;;;;;;;2*+3/p-6/b;4*4-3-;;;;. The van der Waals surface area contributed by atoms with Crippen LogP contribution in [0.15, 0.2) is 71.6 Å². The van der Waals surface area contributed by atoms with Gasteiger partial charge in [0.05, 0.1) is 33.4 Å². The number of halogens is 4. The molecule has 324 valence electrons. The van der Waals surface area contributed by atoms with Gasteiger partial charge in [-0.3, -0.25) is 19.2 Å². The summed E-state index contributed by atoms with van der Waals surface area (Å²) in [5.41, 5.74) is 3.64. The van der Waals surface area contributed by atoms with Crippen LogP contribution in [-0.2, 0) is 58.1 Å². The number of carbonyl (C=O) groups is 4. The van der Waals surface area contributed by atoms with Gasteiger partial charge < -0.3 is 30.6 Å². The Morgan fingerprint density at radius 3 is 0.810 bits per heavy atom. The molecule has 14 nitrogen and oxygen atoms in total. The molecule has 0 atom stereocenters. The molecule has 0 unspecified atom stereocenters. The molecule has 0 aliphatic heterocycles. The fourth-order valence-electron chi connectivity index (χ4n) is 3.81.